The van der Waals surface area contributed by atoms with Crippen LogP contribution in [0.1, 0.15) is 24.3 Å². The summed E-state index contributed by atoms with van der Waals surface area (Å²) in [6.45, 7) is 9.67. The number of aliphatic hydroxyl groups is 1. The maximum Gasteiger partial charge on any atom is 0.191 e. The fraction of sp³-hybridized carbons (Fsp3) is 0.524. The van der Waals surface area contributed by atoms with E-state index in [4.69, 9.17) is 4.99 Å². The maximum atomic E-state index is 10.7. The van der Waals surface area contributed by atoms with Gasteiger partial charge in [0.2, 0.25) is 0 Å². The Hall–Kier alpha value is -1.43. The molecule has 0 spiro atoms. The minimum Gasteiger partial charge on any atom is -0.383 e. The molecule has 1 atom stereocenters. The largest absolute Gasteiger partial charge is 0.383 e. The molecule has 0 aliphatic carbocycles. The van der Waals surface area contributed by atoms with E-state index in [0.29, 0.717) is 19.0 Å². The lowest BCUT2D eigenvalue weighted by Crippen LogP contribution is -2.44. The Balaban J connectivity index is 0.00000320. The van der Waals surface area contributed by atoms with Crippen molar-refractivity contribution in [2.45, 2.75) is 26.0 Å². The van der Waals surface area contributed by atoms with Crippen molar-refractivity contribution in [2.24, 2.45) is 4.99 Å². The van der Waals surface area contributed by atoms with Gasteiger partial charge in [-0.15, -0.1) is 35.3 Å². The number of hydrogen-bond acceptors (Lipinski definition) is 6. The highest BCUT2D eigenvalue weighted by atomic mass is 127. The number of piperazine rings is 1. The van der Waals surface area contributed by atoms with Crippen LogP contribution in [0.25, 0.3) is 0 Å². The number of aromatic nitrogens is 1. The molecule has 0 saturated carbocycles. The van der Waals surface area contributed by atoms with Crippen molar-refractivity contribution in [1.29, 1.82) is 0 Å². The molecule has 0 radical (unpaired) electrons. The van der Waals surface area contributed by atoms with E-state index in [2.05, 4.69) is 38.5 Å². The third-order valence-electron chi connectivity index (χ3n) is 5.05. The summed E-state index contributed by atoms with van der Waals surface area (Å²) >= 11 is 1.56. The quantitative estimate of drug-likeness (QED) is 0.283. The first-order valence-electron chi connectivity index (χ1n) is 10.1. The minimum atomic E-state index is -0.935. The number of nitrogens with one attached hydrogen (secondary N) is 2. The zero-order valence-electron chi connectivity index (χ0n) is 18.0. The molecule has 0 bridgehead atoms. The van der Waals surface area contributed by atoms with Crippen LogP contribution >= 0.6 is 35.3 Å². The minimum absolute atomic E-state index is 0. The van der Waals surface area contributed by atoms with Crippen molar-refractivity contribution in [1.82, 2.24) is 20.5 Å². The second-order valence-corrected chi connectivity index (χ2v) is 8.56. The van der Waals surface area contributed by atoms with Gasteiger partial charge < -0.3 is 25.5 Å². The van der Waals surface area contributed by atoms with Gasteiger partial charge in [-0.25, -0.2) is 9.98 Å². The molecule has 3 heterocycles. The molecule has 0 amide bonds. The van der Waals surface area contributed by atoms with Crippen LogP contribution in [-0.2, 0) is 12.1 Å². The second kappa shape index (κ2) is 11.8. The summed E-state index contributed by atoms with van der Waals surface area (Å²) in [5.74, 6) is 1.71. The molecule has 3 rings (SSSR count). The van der Waals surface area contributed by atoms with Gasteiger partial charge in [0.25, 0.3) is 0 Å². The summed E-state index contributed by atoms with van der Waals surface area (Å²) in [6.07, 6.45) is 1.86. The smallest absolute Gasteiger partial charge is 0.191 e. The van der Waals surface area contributed by atoms with Gasteiger partial charge in [0, 0.05) is 43.8 Å². The molecule has 1 fully saturated rings. The van der Waals surface area contributed by atoms with Gasteiger partial charge in [-0.3, -0.25) is 0 Å². The average Bonchev–Trinajstić information content (AvgIpc) is 3.27. The predicted molar refractivity (Wildman–Crippen MR) is 136 cm³/mol. The first-order chi connectivity index (χ1) is 14.0. The van der Waals surface area contributed by atoms with Crippen molar-refractivity contribution >= 4 is 47.1 Å². The zero-order valence-corrected chi connectivity index (χ0v) is 21.1. The number of guanidine groups is 1. The first-order valence-corrected chi connectivity index (χ1v) is 11.0. The number of likely N-dealkylation sites (N-methyl/N-ethyl adjacent to an activating group) is 1. The van der Waals surface area contributed by atoms with Crippen molar-refractivity contribution in [3.8, 4) is 0 Å². The standard InChI is InChI=1S/C21H32N6OS.HI/c1-4-22-20(25-16-21(2,28)18-6-5-13-29-18)24-15-17-7-8-23-19(14-17)27-11-9-26(3)10-12-27;/h5-8,13-14,28H,4,9-12,15-16H2,1-3H3,(H2,22,24,25);1H. The van der Waals surface area contributed by atoms with E-state index in [9.17, 15) is 5.11 Å². The Morgan fingerprint density at radius 1 is 1.27 bits per heavy atom. The number of halogens is 1. The van der Waals surface area contributed by atoms with Crippen LogP contribution in [0, 0.1) is 0 Å². The van der Waals surface area contributed by atoms with Gasteiger partial charge in [0.1, 0.15) is 11.4 Å². The van der Waals surface area contributed by atoms with Crippen LogP contribution in [0.15, 0.2) is 40.8 Å². The molecule has 2 aromatic rings. The van der Waals surface area contributed by atoms with E-state index < -0.39 is 5.60 Å². The molecule has 2 aromatic heterocycles. The summed E-state index contributed by atoms with van der Waals surface area (Å²) in [7, 11) is 2.15. The SMILES string of the molecule is CCNC(=NCc1ccnc(N2CCN(C)CC2)c1)NCC(C)(O)c1cccs1.I. The molecule has 3 N–H and O–H groups in total. The molecule has 166 valence electrons. The fourth-order valence-electron chi connectivity index (χ4n) is 3.21. The molecule has 1 unspecified atom stereocenters. The molecular formula is C21H33IN6OS. The lowest BCUT2D eigenvalue weighted by atomic mass is 10.1. The highest BCUT2D eigenvalue weighted by molar-refractivity contribution is 14.0. The second-order valence-electron chi connectivity index (χ2n) is 7.61. The maximum absolute atomic E-state index is 10.7. The van der Waals surface area contributed by atoms with Crippen molar-refractivity contribution in [3.63, 3.8) is 0 Å². The van der Waals surface area contributed by atoms with Crippen LogP contribution in [0.2, 0.25) is 0 Å². The summed E-state index contributed by atoms with van der Waals surface area (Å²) in [4.78, 5) is 14.8. The van der Waals surface area contributed by atoms with Gasteiger partial charge in [-0.1, -0.05) is 6.07 Å². The highest BCUT2D eigenvalue weighted by Crippen LogP contribution is 2.24. The number of hydrogen-bond donors (Lipinski definition) is 3. The van der Waals surface area contributed by atoms with E-state index in [0.717, 1.165) is 49.0 Å². The summed E-state index contributed by atoms with van der Waals surface area (Å²) < 4.78 is 0. The molecule has 0 aromatic carbocycles. The van der Waals surface area contributed by atoms with Crippen molar-refractivity contribution in [2.75, 3.05) is 51.2 Å². The highest BCUT2D eigenvalue weighted by Gasteiger charge is 2.24. The number of rotatable bonds is 7. The van der Waals surface area contributed by atoms with Crippen LogP contribution in [0.5, 0.6) is 0 Å². The van der Waals surface area contributed by atoms with Gasteiger partial charge in [0.05, 0.1) is 13.1 Å². The summed E-state index contributed by atoms with van der Waals surface area (Å²) in [6, 6.07) is 8.04. The van der Waals surface area contributed by atoms with E-state index in [1.165, 1.54) is 0 Å². The van der Waals surface area contributed by atoms with Crippen LogP contribution < -0.4 is 15.5 Å². The monoisotopic (exact) mass is 544 g/mol. The average molecular weight is 545 g/mol. The van der Waals surface area contributed by atoms with Crippen molar-refractivity contribution < 1.29 is 5.11 Å². The van der Waals surface area contributed by atoms with Crippen LogP contribution in [0.4, 0.5) is 5.82 Å². The Morgan fingerprint density at radius 3 is 2.70 bits per heavy atom. The van der Waals surface area contributed by atoms with Gasteiger partial charge in [-0.05, 0) is 50.0 Å². The first kappa shape index (κ1) is 24.8. The van der Waals surface area contributed by atoms with Crippen molar-refractivity contribution in [3.05, 3.63) is 46.3 Å². The summed E-state index contributed by atoms with van der Waals surface area (Å²) in [5.41, 5.74) is 0.187. The third kappa shape index (κ3) is 7.07. The van der Waals surface area contributed by atoms with Gasteiger partial charge in [-0.2, -0.15) is 0 Å². The van der Waals surface area contributed by atoms with Crippen LogP contribution in [0.3, 0.4) is 0 Å². The molecular weight excluding hydrogens is 511 g/mol. The topological polar surface area (TPSA) is 76.0 Å². The molecule has 7 nitrogen and oxygen atoms in total. The lowest BCUT2D eigenvalue weighted by Gasteiger charge is -2.33. The summed E-state index contributed by atoms with van der Waals surface area (Å²) in [5, 5.41) is 19.2. The molecule has 30 heavy (non-hydrogen) atoms. The number of pyridine rings is 1. The Bertz CT molecular complexity index is 791. The Kier molecular flexibility index (Phi) is 9.79. The van der Waals surface area contributed by atoms with E-state index in [-0.39, 0.29) is 24.0 Å². The normalized spacial score (nSPS) is 17.2. The molecule has 9 heteroatoms. The molecule has 1 aliphatic rings. The predicted octanol–water partition coefficient (Wildman–Crippen LogP) is 2.48. The van der Waals surface area contributed by atoms with E-state index in [1.54, 1.807) is 11.3 Å². The third-order valence-corrected chi connectivity index (χ3v) is 6.18. The Morgan fingerprint density at radius 2 is 2.03 bits per heavy atom. The lowest BCUT2D eigenvalue weighted by molar-refractivity contribution is 0.0655. The number of nitrogens with zero attached hydrogens (tertiary/aromatic N) is 4. The van der Waals surface area contributed by atoms with Gasteiger partial charge >= 0.3 is 0 Å². The fourth-order valence-corrected chi connectivity index (χ4v) is 3.99. The number of thiophene rings is 1. The van der Waals surface area contributed by atoms with Gasteiger partial charge in [0.15, 0.2) is 5.96 Å². The zero-order chi connectivity index (χ0) is 20.7. The molecule has 1 saturated heterocycles. The van der Waals surface area contributed by atoms with Crippen LogP contribution in [-0.4, -0.2) is 67.3 Å². The molecule has 1 aliphatic heterocycles. The van der Waals surface area contributed by atoms with E-state index >= 15 is 0 Å². The number of aliphatic imine (C=N–C) groups is 1. The van der Waals surface area contributed by atoms with E-state index in [1.807, 2.05) is 43.6 Å². The number of anilines is 1. The Labute approximate surface area is 200 Å².